The van der Waals surface area contributed by atoms with Crippen molar-refractivity contribution in [3.05, 3.63) is 182 Å². The van der Waals surface area contributed by atoms with Crippen LogP contribution in [0.1, 0.15) is 80.0 Å². The second-order valence-corrected chi connectivity index (χ2v) is 20.8. The van der Waals surface area contributed by atoms with Gasteiger partial charge in [0.1, 0.15) is 46.3 Å². The molecule has 6 heterocycles. The average Bonchev–Trinajstić information content (AvgIpc) is 4.33. The molecule has 424 valence electrons. The summed E-state index contributed by atoms with van der Waals surface area (Å²) >= 11 is 0. The van der Waals surface area contributed by atoms with Crippen molar-refractivity contribution >= 4 is 61.8 Å². The minimum absolute atomic E-state index is 0. The highest BCUT2D eigenvalue weighted by atomic mass is 19.1. The highest BCUT2D eigenvalue weighted by Crippen LogP contribution is 2.53. The standard InChI is InChI=1S/C22H19F2N3O.C20H15F2N3O3.C20H17F2N3O.CH4/c1-10-14(16-8-18(24)19(25)9-17(16)23)6-7-15-21(10)27(13-4-5-13)11(2)20-22(15)28-12(3)26-20;1-8-10(12-6-14(22)15(23)7-13(12)21)4-5-11-17(8)25(9-2-3-9)19(26)16-18(11)28-20(27)24-16;1-4-25-11(3)18-20(26-9-24-18)13-6-5-12(10(2)19(13)25)14-7-16(22)17(23)8-15(14)21;/h6-9,13H,2,4-5,25H2,1,3H3;4-7,9H,2-3,23H2,1H3,(H,24,27);5-9H,3-4,23H2,1-2H3;1H4. The number of oxazole rings is 3. The summed E-state index contributed by atoms with van der Waals surface area (Å²) in [5.74, 6) is -2.60. The Bertz CT molecular complexity index is 4530. The summed E-state index contributed by atoms with van der Waals surface area (Å²) in [5.41, 5.74) is 27.0. The van der Waals surface area contributed by atoms with Gasteiger partial charge >= 0.3 is 5.76 Å². The van der Waals surface area contributed by atoms with Crippen molar-refractivity contribution in [2.45, 2.75) is 79.8 Å². The fourth-order valence-electron chi connectivity index (χ4n) is 11.4. The van der Waals surface area contributed by atoms with Gasteiger partial charge in [-0.25, -0.2) is 41.1 Å². The maximum atomic E-state index is 14.6. The lowest BCUT2D eigenvalue weighted by molar-refractivity contribution is 0.534. The number of nitrogen functional groups attached to an aromatic ring is 3. The van der Waals surface area contributed by atoms with Crippen LogP contribution in [0.15, 0.2) is 115 Å². The van der Waals surface area contributed by atoms with E-state index in [2.05, 4.69) is 33.0 Å². The Balaban J connectivity index is 0.000000130. The number of aromatic nitrogens is 4. The predicted octanol–water partition coefficient (Wildman–Crippen LogP) is 14.7. The number of nitrogens with zero attached hydrogens (tertiary/aromatic N) is 5. The number of pyridine rings is 1. The molecular weight excluding hydrogens is 1080 g/mol. The number of benzene rings is 6. The minimum atomic E-state index is -0.720. The number of halogens is 6. The van der Waals surface area contributed by atoms with Crippen LogP contribution in [0.2, 0.25) is 0 Å². The van der Waals surface area contributed by atoms with Gasteiger partial charge in [-0.2, -0.15) is 0 Å². The Kier molecular flexibility index (Phi) is 13.5. The third kappa shape index (κ3) is 8.99. The van der Waals surface area contributed by atoms with Crippen LogP contribution >= 0.6 is 0 Å². The highest BCUT2D eigenvalue weighted by Gasteiger charge is 2.40. The fraction of sp³-hybridized carbons (Fsp3) is 0.206. The summed E-state index contributed by atoms with van der Waals surface area (Å²) in [4.78, 5) is 40.1. The van der Waals surface area contributed by atoms with E-state index in [9.17, 15) is 35.9 Å². The molecule has 7 N–H and O–H groups in total. The van der Waals surface area contributed by atoms with E-state index in [1.807, 2.05) is 37.8 Å². The lowest BCUT2D eigenvalue weighted by Crippen LogP contribution is -2.28. The third-order valence-corrected chi connectivity index (χ3v) is 15.6. The smallest absolute Gasteiger partial charge is 0.417 e. The number of aromatic amines is 1. The van der Waals surface area contributed by atoms with Crippen LogP contribution in [-0.2, 0) is 0 Å². The molecule has 2 saturated carbocycles. The number of aryl methyl sites for hydroxylation is 2. The largest absolute Gasteiger partial charge is 0.443 e. The second-order valence-electron chi connectivity index (χ2n) is 20.8. The molecule has 0 bridgehead atoms. The molecule has 0 unspecified atom stereocenters. The van der Waals surface area contributed by atoms with Crippen molar-refractivity contribution < 1.29 is 39.6 Å². The molecule has 0 radical (unpaired) electrons. The third-order valence-electron chi connectivity index (χ3n) is 15.6. The molecule has 2 aliphatic heterocycles. The van der Waals surface area contributed by atoms with Gasteiger partial charge in [0.15, 0.2) is 34.9 Å². The van der Waals surface area contributed by atoms with Crippen LogP contribution in [0.3, 0.4) is 0 Å². The number of nitrogens with two attached hydrogens (primary N) is 3. The first-order valence-corrected chi connectivity index (χ1v) is 26.3. The first-order valence-electron chi connectivity index (χ1n) is 26.3. The summed E-state index contributed by atoms with van der Waals surface area (Å²) in [7, 11) is 0. The maximum absolute atomic E-state index is 14.6. The lowest BCUT2D eigenvalue weighted by Gasteiger charge is -2.34. The SMILES string of the molecule is C.C=C1c2nc(C)oc2-c2ccc(-c3cc(F)c(N)cc3F)c(C)c2N1C1CC1.C=C1c2ncoc2-c2ccc(-c3cc(F)c(N)cc3F)c(C)c2N1CC.Cc1c(-c2cc(F)c(N)cc2F)ccc2c3oc(=O)[nH]c3c(=O)n(C3CC3)c12. The van der Waals surface area contributed by atoms with Gasteiger partial charge in [0, 0.05) is 77.0 Å². The first kappa shape index (κ1) is 55.2. The molecule has 4 aromatic heterocycles. The van der Waals surface area contributed by atoms with E-state index in [1.54, 1.807) is 42.7 Å². The Morgan fingerprint density at radius 2 is 1.10 bits per heavy atom. The zero-order valence-corrected chi connectivity index (χ0v) is 44.9. The van der Waals surface area contributed by atoms with E-state index >= 15 is 0 Å². The van der Waals surface area contributed by atoms with Crippen LogP contribution in [0.4, 0.5) is 54.8 Å². The molecule has 0 saturated heterocycles. The van der Waals surface area contributed by atoms with Crippen molar-refractivity contribution in [2.75, 3.05) is 33.5 Å². The molecule has 0 spiro atoms. The van der Waals surface area contributed by atoms with E-state index in [-0.39, 0.29) is 63.9 Å². The van der Waals surface area contributed by atoms with Gasteiger partial charge in [-0.15, -0.1) is 0 Å². The van der Waals surface area contributed by atoms with Gasteiger partial charge in [-0.3, -0.25) is 9.78 Å². The maximum Gasteiger partial charge on any atom is 0.417 e. The lowest BCUT2D eigenvalue weighted by atomic mass is 9.91. The number of anilines is 5. The summed E-state index contributed by atoms with van der Waals surface area (Å²) in [5, 5.41) is 0.567. The van der Waals surface area contributed by atoms with Crippen molar-refractivity contribution in [2.24, 2.45) is 0 Å². The molecule has 20 heteroatoms. The van der Waals surface area contributed by atoms with Gasteiger partial charge < -0.3 is 44.8 Å². The zero-order valence-electron chi connectivity index (χ0n) is 44.9. The first-order chi connectivity index (χ1) is 39.2. The average molecular weight is 1130 g/mol. The molecule has 83 heavy (non-hydrogen) atoms. The highest BCUT2D eigenvalue weighted by molar-refractivity contribution is 6.04. The quantitative estimate of drug-likeness (QED) is 0.0907. The molecular formula is C63H55F6N9O5. The molecule has 2 fully saturated rings. The molecule has 14 rings (SSSR count). The van der Waals surface area contributed by atoms with Crippen LogP contribution in [0.5, 0.6) is 0 Å². The summed E-state index contributed by atoms with van der Waals surface area (Å²) in [6, 6.07) is 17.2. The van der Waals surface area contributed by atoms with E-state index < -0.39 is 40.7 Å². The van der Waals surface area contributed by atoms with E-state index in [0.717, 1.165) is 107 Å². The Morgan fingerprint density at radius 1 is 0.602 bits per heavy atom. The molecule has 10 aromatic rings. The Labute approximate surface area is 470 Å². The van der Waals surface area contributed by atoms with Crippen LogP contribution in [0, 0.1) is 62.6 Å². The summed E-state index contributed by atoms with van der Waals surface area (Å²) in [6.45, 7) is 18.3. The van der Waals surface area contributed by atoms with Crippen molar-refractivity contribution in [1.29, 1.82) is 0 Å². The molecule has 4 aliphatic rings. The summed E-state index contributed by atoms with van der Waals surface area (Å²) < 4.78 is 104. The molecule has 0 atom stereocenters. The van der Waals surface area contributed by atoms with Gasteiger partial charge in [0.25, 0.3) is 5.56 Å². The number of hydrogen-bond acceptors (Lipinski definition) is 12. The molecule has 2 aliphatic carbocycles. The van der Waals surface area contributed by atoms with Crippen LogP contribution in [0.25, 0.3) is 89.4 Å². The Morgan fingerprint density at radius 3 is 1.63 bits per heavy atom. The molecule has 14 nitrogen and oxygen atoms in total. The van der Waals surface area contributed by atoms with Gasteiger partial charge in [-0.1, -0.05) is 38.8 Å². The van der Waals surface area contributed by atoms with Crippen LogP contribution in [-0.4, -0.2) is 32.1 Å². The normalized spacial score (nSPS) is 14.1. The zero-order chi connectivity index (χ0) is 58.1. The number of rotatable bonds is 6. The summed E-state index contributed by atoms with van der Waals surface area (Å²) in [6.07, 6.45) is 5.16. The van der Waals surface area contributed by atoms with Gasteiger partial charge in [-0.05, 0) is 123 Å². The minimum Gasteiger partial charge on any atom is -0.443 e. The molecule has 0 amide bonds. The van der Waals surface area contributed by atoms with Gasteiger partial charge in [0.2, 0.25) is 0 Å². The number of H-pyrrole nitrogens is 1. The Hall–Kier alpha value is -9.72. The van der Waals surface area contributed by atoms with E-state index in [1.165, 1.54) is 6.39 Å². The van der Waals surface area contributed by atoms with Crippen molar-refractivity contribution in [3.63, 3.8) is 0 Å². The van der Waals surface area contributed by atoms with Gasteiger partial charge in [0.05, 0.1) is 45.3 Å². The van der Waals surface area contributed by atoms with Crippen LogP contribution < -0.4 is 38.3 Å². The second kappa shape index (κ2) is 20.4. The topological polar surface area (TPSA) is 205 Å². The predicted molar refractivity (Wildman–Crippen MR) is 312 cm³/mol. The molecule has 6 aromatic carbocycles. The van der Waals surface area contributed by atoms with E-state index in [0.29, 0.717) is 74.5 Å². The van der Waals surface area contributed by atoms with Crippen molar-refractivity contribution in [1.82, 2.24) is 19.5 Å². The van der Waals surface area contributed by atoms with E-state index in [4.69, 9.17) is 30.5 Å². The number of hydrogen-bond donors (Lipinski definition) is 4. The number of fused-ring (bicyclic) bond motifs is 9. The fourth-order valence-corrected chi connectivity index (χ4v) is 11.4. The van der Waals surface area contributed by atoms with Crippen molar-refractivity contribution in [3.8, 4) is 56.0 Å². The number of nitrogens with one attached hydrogen (secondary N) is 1. The monoisotopic (exact) mass is 1130 g/mol.